The van der Waals surface area contributed by atoms with Crippen LogP contribution >= 0.6 is 0 Å². The predicted octanol–water partition coefficient (Wildman–Crippen LogP) is 1.05. The van der Waals surface area contributed by atoms with E-state index in [9.17, 15) is 0 Å². The number of hydrogen-bond donors (Lipinski definition) is 2. The van der Waals surface area contributed by atoms with Crippen molar-refractivity contribution in [3.05, 3.63) is 0 Å². The van der Waals surface area contributed by atoms with Crippen molar-refractivity contribution in [1.29, 1.82) is 0 Å². The van der Waals surface area contributed by atoms with E-state index >= 15 is 0 Å². The summed E-state index contributed by atoms with van der Waals surface area (Å²) in [5.74, 6) is 0. The van der Waals surface area contributed by atoms with Crippen molar-refractivity contribution >= 4 is 0 Å². The first-order valence-corrected chi connectivity index (χ1v) is 4.46. The molecule has 0 radical (unpaired) electrons. The molecule has 11 heavy (non-hydrogen) atoms. The molecule has 3 nitrogen and oxygen atoms in total. The Hall–Kier alpha value is -0.120. The summed E-state index contributed by atoms with van der Waals surface area (Å²) in [5.41, 5.74) is 8.23. The van der Waals surface area contributed by atoms with Crippen molar-refractivity contribution in [2.75, 3.05) is 19.7 Å². The zero-order chi connectivity index (χ0) is 8.36. The smallest absolute Gasteiger partial charge is 0.0653 e. The highest BCUT2D eigenvalue weighted by atomic mass is 16.6. The van der Waals surface area contributed by atoms with Gasteiger partial charge >= 0.3 is 0 Å². The fourth-order valence-electron chi connectivity index (χ4n) is 0.869. The normalized spacial score (nSPS) is 10.4. The maximum atomic E-state index is 5.35. The summed E-state index contributed by atoms with van der Waals surface area (Å²) in [6, 6.07) is 0. The first kappa shape index (κ1) is 10.9. The predicted molar refractivity (Wildman–Crippen MR) is 47.2 cm³/mol. The summed E-state index contributed by atoms with van der Waals surface area (Å²) in [5, 5.41) is 0. The number of hydroxylamine groups is 1. The second-order valence-electron chi connectivity index (χ2n) is 2.53. The molecule has 0 aromatic heterocycles. The minimum Gasteiger partial charge on any atom is -0.330 e. The van der Waals surface area contributed by atoms with Crippen LogP contribution in [0.15, 0.2) is 0 Å². The van der Waals surface area contributed by atoms with Crippen LogP contribution in [0.5, 0.6) is 0 Å². The van der Waals surface area contributed by atoms with E-state index < -0.39 is 0 Å². The third kappa shape index (κ3) is 9.88. The minimum absolute atomic E-state index is 0.739. The van der Waals surface area contributed by atoms with Crippen LogP contribution in [0.3, 0.4) is 0 Å². The topological polar surface area (TPSA) is 47.3 Å². The molecule has 3 heteroatoms. The molecule has 0 aliphatic carbocycles. The van der Waals surface area contributed by atoms with Crippen LogP contribution in [0.2, 0.25) is 0 Å². The lowest BCUT2D eigenvalue weighted by Crippen LogP contribution is -2.15. The lowest BCUT2D eigenvalue weighted by Gasteiger charge is -2.02. The van der Waals surface area contributed by atoms with Crippen LogP contribution in [-0.2, 0) is 4.84 Å². The van der Waals surface area contributed by atoms with E-state index in [2.05, 4.69) is 5.48 Å². The highest BCUT2D eigenvalue weighted by molar-refractivity contribution is 4.44. The molecule has 0 aromatic rings. The molecule has 3 N–H and O–H groups in total. The molecule has 0 unspecified atom stereocenters. The Balaban J connectivity index is 2.69. The second-order valence-corrected chi connectivity index (χ2v) is 2.53. The first-order chi connectivity index (χ1) is 5.41. The molecule has 68 valence electrons. The summed E-state index contributed by atoms with van der Waals surface area (Å²) in [4.78, 5) is 4.97. The van der Waals surface area contributed by atoms with Gasteiger partial charge in [-0.25, -0.2) is 5.48 Å². The van der Waals surface area contributed by atoms with Crippen LogP contribution < -0.4 is 11.2 Å². The Morgan fingerprint density at radius 2 is 1.91 bits per heavy atom. The molecular formula is C8H20N2O. The van der Waals surface area contributed by atoms with Crippen LogP contribution in [0.4, 0.5) is 0 Å². The highest BCUT2D eigenvalue weighted by Gasteiger charge is 1.87. The summed E-state index contributed by atoms with van der Waals surface area (Å²) in [6.07, 6.45) is 4.82. The fourth-order valence-corrected chi connectivity index (χ4v) is 0.869. The maximum Gasteiger partial charge on any atom is 0.0653 e. The summed E-state index contributed by atoms with van der Waals surface area (Å²) < 4.78 is 0. The number of nitrogens with one attached hydrogen (secondary N) is 1. The summed E-state index contributed by atoms with van der Waals surface area (Å²) >= 11 is 0. The van der Waals surface area contributed by atoms with Crippen LogP contribution in [-0.4, -0.2) is 19.7 Å². The van der Waals surface area contributed by atoms with E-state index in [1.54, 1.807) is 0 Å². The standard InChI is InChI=1S/C8H20N2O/c1-2-11-10-8-6-4-3-5-7-9/h10H,2-9H2,1H3. The Bertz CT molecular complexity index is 61.1. The van der Waals surface area contributed by atoms with Gasteiger partial charge in [0.2, 0.25) is 0 Å². The zero-order valence-corrected chi connectivity index (χ0v) is 7.44. The van der Waals surface area contributed by atoms with Gasteiger partial charge in [0, 0.05) is 6.54 Å². The summed E-state index contributed by atoms with van der Waals surface area (Å²) in [6.45, 7) is 4.49. The number of hydrogen-bond acceptors (Lipinski definition) is 3. The number of rotatable bonds is 8. The average molecular weight is 160 g/mol. The lowest BCUT2D eigenvalue weighted by molar-refractivity contribution is 0.0501. The molecule has 0 fully saturated rings. The van der Waals surface area contributed by atoms with Crippen molar-refractivity contribution in [3.8, 4) is 0 Å². The second kappa shape index (κ2) is 9.88. The van der Waals surface area contributed by atoms with Crippen molar-refractivity contribution in [3.63, 3.8) is 0 Å². The fraction of sp³-hybridized carbons (Fsp3) is 1.00. The largest absolute Gasteiger partial charge is 0.330 e. The van der Waals surface area contributed by atoms with Crippen LogP contribution in [0.25, 0.3) is 0 Å². The van der Waals surface area contributed by atoms with E-state index in [1.807, 2.05) is 6.92 Å². The van der Waals surface area contributed by atoms with Crippen LogP contribution in [0.1, 0.15) is 32.6 Å². The quantitative estimate of drug-likeness (QED) is 0.412. The molecule has 0 aromatic carbocycles. The van der Waals surface area contributed by atoms with E-state index in [0.29, 0.717) is 0 Å². The van der Waals surface area contributed by atoms with Gasteiger partial charge in [-0.1, -0.05) is 12.8 Å². The summed E-state index contributed by atoms with van der Waals surface area (Å²) in [7, 11) is 0. The highest BCUT2D eigenvalue weighted by Crippen LogP contribution is 1.96. The molecule has 0 amide bonds. The van der Waals surface area contributed by atoms with Gasteiger partial charge in [0.05, 0.1) is 6.61 Å². The molecule has 0 spiro atoms. The molecule has 0 atom stereocenters. The van der Waals surface area contributed by atoms with Gasteiger partial charge in [0.1, 0.15) is 0 Å². The van der Waals surface area contributed by atoms with Gasteiger partial charge in [-0.3, -0.25) is 0 Å². The molecular weight excluding hydrogens is 140 g/mol. The molecule has 0 aliphatic rings. The van der Waals surface area contributed by atoms with Crippen molar-refractivity contribution in [1.82, 2.24) is 5.48 Å². The number of nitrogens with two attached hydrogens (primary N) is 1. The van der Waals surface area contributed by atoms with E-state index in [-0.39, 0.29) is 0 Å². The molecule has 0 aliphatic heterocycles. The van der Waals surface area contributed by atoms with Gasteiger partial charge in [0.15, 0.2) is 0 Å². The van der Waals surface area contributed by atoms with Crippen molar-refractivity contribution in [2.24, 2.45) is 5.73 Å². The van der Waals surface area contributed by atoms with Gasteiger partial charge in [-0.15, -0.1) is 0 Å². The lowest BCUT2D eigenvalue weighted by atomic mass is 10.2. The molecule has 0 bridgehead atoms. The minimum atomic E-state index is 0.739. The molecule has 0 rings (SSSR count). The molecule has 0 saturated carbocycles. The van der Waals surface area contributed by atoms with Crippen molar-refractivity contribution < 1.29 is 4.84 Å². The zero-order valence-electron chi connectivity index (χ0n) is 7.44. The van der Waals surface area contributed by atoms with Gasteiger partial charge in [0.25, 0.3) is 0 Å². The van der Waals surface area contributed by atoms with E-state index in [0.717, 1.165) is 26.1 Å². The van der Waals surface area contributed by atoms with Gasteiger partial charge in [-0.2, -0.15) is 0 Å². The van der Waals surface area contributed by atoms with Gasteiger partial charge < -0.3 is 10.6 Å². The van der Waals surface area contributed by atoms with E-state index in [1.165, 1.54) is 19.3 Å². The third-order valence-corrected chi connectivity index (χ3v) is 1.48. The van der Waals surface area contributed by atoms with Crippen LogP contribution in [0, 0.1) is 0 Å². The Labute approximate surface area is 69.3 Å². The molecule has 0 heterocycles. The Morgan fingerprint density at radius 3 is 2.55 bits per heavy atom. The van der Waals surface area contributed by atoms with Crippen molar-refractivity contribution in [2.45, 2.75) is 32.6 Å². The number of unbranched alkanes of at least 4 members (excludes halogenated alkanes) is 3. The Kier molecular flexibility index (Phi) is 9.77. The van der Waals surface area contributed by atoms with Gasteiger partial charge in [-0.05, 0) is 26.3 Å². The maximum absolute atomic E-state index is 5.35. The van der Waals surface area contributed by atoms with E-state index in [4.69, 9.17) is 10.6 Å². The first-order valence-electron chi connectivity index (χ1n) is 4.46. The SMILES string of the molecule is CCONCCCCCCN. The third-order valence-electron chi connectivity index (χ3n) is 1.48. The Morgan fingerprint density at radius 1 is 1.18 bits per heavy atom. The average Bonchev–Trinajstić information content (AvgIpc) is 2.03. The molecule has 0 saturated heterocycles. The monoisotopic (exact) mass is 160 g/mol.